The second-order valence-corrected chi connectivity index (χ2v) is 3.15. The highest BCUT2D eigenvalue weighted by Gasteiger charge is 2.20. The fourth-order valence-electron chi connectivity index (χ4n) is 0.782. The number of rotatable bonds is 3. The average Bonchev–Trinajstić information content (AvgIpc) is 2.29. The molecule has 0 radical (unpaired) electrons. The normalized spacial score (nSPS) is 11.9. The molecule has 0 N–H and O–H groups in total. The number of alkyl halides is 3. The molecule has 1 unspecified atom stereocenters. The van der Waals surface area contributed by atoms with E-state index in [1.807, 2.05) is 0 Å². The molecule has 0 fully saturated rings. The zero-order chi connectivity index (χ0) is 11.7. The number of hydrogen-bond acceptors (Lipinski definition) is 0. The standard InChI is InChI=1S/C8H7F3.C4H10/c9-7(8(10)11)6-4-2-1-3-5-6;1-3-4-2/h1-5,7-8H;3-4H2,1-2H3. The van der Waals surface area contributed by atoms with Gasteiger partial charge >= 0.3 is 0 Å². The summed E-state index contributed by atoms with van der Waals surface area (Å²) in [5, 5.41) is 0. The monoisotopic (exact) mass is 218 g/mol. The largest absolute Gasteiger partial charge is 0.273 e. The Labute approximate surface area is 89.1 Å². The van der Waals surface area contributed by atoms with E-state index in [4.69, 9.17) is 0 Å². The number of halogens is 3. The fourth-order valence-corrected chi connectivity index (χ4v) is 0.782. The first-order chi connectivity index (χ1) is 7.13. The van der Waals surface area contributed by atoms with Gasteiger partial charge in [0, 0.05) is 0 Å². The van der Waals surface area contributed by atoms with Crippen LogP contribution in [0.1, 0.15) is 38.4 Å². The van der Waals surface area contributed by atoms with Crippen LogP contribution in [0.15, 0.2) is 30.3 Å². The third-order valence-electron chi connectivity index (χ3n) is 1.84. The third-order valence-corrected chi connectivity index (χ3v) is 1.84. The van der Waals surface area contributed by atoms with E-state index < -0.39 is 12.6 Å². The van der Waals surface area contributed by atoms with Gasteiger partial charge in [0.15, 0.2) is 6.17 Å². The Balaban J connectivity index is 0.000000423. The lowest BCUT2D eigenvalue weighted by molar-refractivity contribution is 0.0496. The molecular formula is C12H17F3. The topological polar surface area (TPSA) is 0 Å². The van der Waals surface area contributed by atoms with Crippen LogP contribution < -0.4 is 0 Å². The summed E-state index contributed by atoms with van der Waals surface area (Å²) in [6.07, 6.45) is -2.45. The van der Waals surface area contributed by atoms with Crippen molar-refractivity contribution in [3.63, 3.8) is 0 Å². The molecule has 0 saturated heterocycles. The van der Waals surface area contributed by atoms with Crippen LogP contribution in [0.4, 0.5) is 13.2 Å². The molecule has 0 heterocycles. The molecule has 0 aliphatic heterocycles. The number of hydrogen-bond donors (Lipinski definition) is 0. The molecule has 0 spiro atoms. The summed E-state index contributed by atoms with van der Waals surface area (Å²) in [6.45, 7) is 4.36. The van der Waals surface area contributed by atoms with Gasteiger partial charge in [-0.05, 0) is 5.56 Å². The zero-order valence-electron chi connectivity index (χ0n) is 9.09. The van der Waals surface area contributed by atoms with Gasteiger partial charge in [-0.3, -0.25) is 0 Å². The predicted octanol–water partition coefficient (Wildman–Crippen LogP) is 4.77. The summed E-state index contributed by atoms with van der Waals surface area (Å²) in [7, 11) is 0. The molecule has 0 aromatic heterocycles. The van der Waals surface area contributed by atoms with Gasteiger partial charge in [-0.1, -0.05) is 57.0 Å². The van der Waals surface area contributed by atoms with Crippen LogP contribution in [0.2, 0.25) is 0 Å². The van der Waals surface area contributed by atoms with E-state index in [9.17, 15) is 13.2 Å². The summed E-state index contributed by atoms with van der Waals surface area (Å²) in [6, 6.07) is 7.41. The molecule has 0 bridgehead atoms. The van der Waals surface area contributed by atoms with Crippen molar-refractivity contribution in [3.8, 4) is 0 Å². The molecule has 1 rings (SSSR count). The van der Waals surface area contributed by atoms with Crippen LogP contribution in [0.5, 0.6) is 0 Å². The van der Waals surface area contributed by atoms with Crippen molar-refractivity contribution in [1.82, 2.24) is 0 Å². The van der Waals surface area contributed by atoms with E-state index in [2.05, 4.69) is 13.8 Å². The minimum absolute atomic E-state index is 0.0301. The molecule has 1 atom stereocenters. The maximum absolute atomic E-state index is 12.5. The van der Waals surface area contributed by atoms with Crippen LogP contribution in [-0.2, 0) is 0 Å². The highest BCUT2D eigenvalue weighted by Crippen LogP contribution is 2.23. The molecule has 1 aromatic carbocycles. The first-order valence-corrected chi connectivity index (χ1v) is 5.10. The molecule has 3 heteroatoms. The Hall–Kier alpha value is -0.990. The van der Waals surface area contributed by atoms with Gasteiger partial charge in [-0.2, -0.15) is 0 Å². The van der Waals surface area contributed by atoms with Crippen molar-refractivity contribution >= 4 is 0 Å². The van der Waals surface area contributed by atoms with Crippen LogP contribution in [0.25, 0.3) is 0 Å². The van der Waals surface area contributed by atoms with Gasteiger partial charge in [0.25, 0.3) is 6.43 Å². The lowest BCUT2D eigenvalue weighted by Crippen LogP contribution is -2.02. The van der Waals surface area contributed by atoms with Gasteiger partial charge in [0.05, 0.1) is 0 Å². The van der Waals surface area contributed by atoms with Crippen molar-refractivity contribution in [2.45, 2.75) is 39.3 Å². The van der Waals surface area contributed by atoms with E-state index in [0.717, 1.165) is 0 Å². The smallest absolute Gasteiger partial charge is 0.236 e. The maximum Gasteiger partial charge on any atom is 0.273 e. The molecule has 0 amide bonds. The molecule has 0 aliphatic carbocycles. The van der Waals surface area contributed by atoms with E-state index in [1.54, 1.807) is 6.07 Å². The summed E-state index contributed by atoms with van der Waals surface area (Å²) >= 11 is 0. The summed E-state index contributed by atoms with van der Waals surface area (Å²) in [4.78, 5) is 0. The number of unbranched alkanes of at least 4 members (excludes halogenated alkanes) is 1. The van der Waals surface area contributed by atoms with E-state index in [0.29, 0.717) is 0 Å². The first kappa shape index (κ1) is 14.0. The summed E-state index contributed by atoms with van der Waals surface area (Å²) in [5.74, 6) is 0. The van der Waals surface area contributed by atoms with Crippen LogP contribution in [0.3, 0.4) is 0 Å². The lowest BCUT2D eigenvalue weighted by atomic mass is 10.1. The second kappa shape index (κ2) is 8.33. The van der Waals surface area contributed by atoms with Gasteiger partial charge < -0.3 is 0 Å². The van der Waals surface area contributed by atoms with Gasteiger partial charge in [0.1, 0.15) is 0 Å². The Bertz CT molecular complexity index is 232. The highest BCUT2D eigenvalue weighted by atomic mass is 19.3. The minimum Gasteiger partial charge on any atom is -0.236 e. The van der Waals surface area contributed by atoms with E-state index in [1.165, 1.54) is 37.1 Å². The third kappa shape index (κ3) is 6.15. The predicted molar refractivity (Wildman–Crippen MR) is 56.9 cm³/mol. The van der Waals surface area contributed by atoms with Crippen molar-refractivity contribution in [1.29, 1.82) is 0 Å². The van der Waals surface area contributed by atoms with Crippen LogP contribution in [-0.4, -0.2) is 6.43 Å². The fraction of sp³-hybridized carbons (Fsp3) is 0.500. The molecule has 86 valence electrons. The van der Waals surface area contributed by atoms with Crippen molar-refractivity contribution in [3.05, 3.63) is 35.9 Å². The Morgan fingerprint density at radius 2 is 1.40 bits per heavy atom. The summed E-state index contributed by atoms with van der Waals surface area (Å²) in [5.41, 5.74) is 0.0301. The van der Waals surface area contributed by atoms with E-state index >= 15 is 0 Å². The van der Waals surface area contributed by atoms with Crippen molar-refractivity contribution < 1.29 is 13.2 Å². The highest BCUT2D eigenvalue weighted by molar-refractivity contribution is 5.17. The van der Waals surface area contributed by atoms with Crippen LogP contribution >= 0.6 is 0 Å². The molecule has 1 aromatic rings. The maximum atomic E-state index is 12.5. The molecule has 0 saturated carbocycles. The van der Waals surface area contributed by atoms with Gasteiger partial charge in [0.2, 0.25) is 0 Å². The van der Waals surface area contributed by atoms with Crippen molar-refractivity contribution in [2.75, 3.05) is 0 Å². The Morgan fingerprint density at radius 3 is 1.73 bits per heavy atom. The summed E-state index contributed by atoms with van der Waals surface area (Å²) < 4.78 is 36.0. The second-order valence-electron chi connectivity index (χ2n) is 3.15. The number of benzene rings is 1. The van der Waals surface area contributed by atoms with Gasteiger partial charge in [-0.25, -0.2) is 13.2 Å². The zero-order valence-corrected chi connectivity index (χ0v) is 9.09. The van der Waals surface area contributed by atoms with E-state index in [-0.39, 0.29) is 5.56 Å². The quantitative estimate of drug-likeness (QED) is 0.685. The molecule has 0 nitrogen and oxygen atoms in total. The molecule has 0 aliphatic rings. The lowest BCUT2D eigenvalue weighted by Gasteiger charge is -2.05. The van der Waals surface area contributed by atoms with Gasteiger partial charge in [-0.15, -0.1) is 0 Å². The SMILES string of the molecule is CCCC.FC(F)C(F)c1ccccc1. The van der Waals surface area contributed by atoms with Crippen molar-refractivity contribution in [2.24, 2.45) is 0 Å². The minimum atomic E-state index is -2.93. The molecular weight excluding hydrogens is 201 g/mol. The average molecular weight is 218 g/mol. The Kier molecular flexibility index (Phi) is 7.78. The molecule has 15 heavy (non-hydrogen) atoms. The first-order valence-electron chi connectivity index (χ1n) is 5.10. The Morgan fingerprint density at radius 1 is 0.933 bits per heavy atom. The van der Waals surface area contributed by atoms with Crippen LogP contribution in [0, 0.1) is 0 Å².